The standard InChI is InChI=1S/C6H10N2O.C4H5NO2.C3H9N/c1-2-5-8-6(9)3-4-7;1-3(2-5)4(6)7;1-2-3-4/h2-3,5H2,1H3,(H,8,9);3H,1H3,(H,6,7);2-4H2,1H3. The summed E-state index contributed by atoms with van der Waals surface area (Å²) in [6, 6.07) is 3.33. The number of nitrogens with zero attached hydrogens (tertiary/aromatic N) is 2. The number of amides is 1. The zero-order chi connectivity index (χ0) is 16.4. The van der Waals surface area contributed by atoms with Crippen LogP contribution in [-0.2, 0) is 9.59 Å². The van der Waals surface area contributed by atoms with E-state index >= 15 is 0 Å². The first-order valence-electron chi connectivity index (χ1n) is 6.37. The van der Waals surface area contributed by atoms with Crippen molar-refractivity contribution in [2.45, 2.75) is 40.0 Å². The zero-order valence-electron chi connectivity index (χ0n) is 12.3. The first-order chi connectivity index (χ1) is 9.40. The second-order valence-electron chi connectivity index (χ2n) is 3.66. The predicted octanol–water partition coefficient (Wildman–Crippen LogP) is 1.01. The van der Waals surface area contributed by atoms with E-state index < -0.39 is 11.9 Å². The average Bonchev–Trinajstić information content (AvgIpc) is 2.45. The lowest BCUT2D eigenvalue weighted by molar-refractivity contribution is -0.139. The molecule has 0 aromatic rings. The van der Waals surface area contributed by atoms with Gasteiger partial charge in [-0.2, -0.15) is 10.5 Å². The number of carboxylic acid groups (broad SMARTS) is 1. The topological polar surface area (TPSA) is 140 Å². The van der Waals surface area contributed by atoms with Gasteiger partial charge in [-0.25, -0.2) is 0 Å². The summed E-state index contributed by atoms with van der Waals surface area (Å²) in [5.74, 6) is -2.12. The van der Waals surface area contributed by atoms with Gasteiger partial charge >= 0.3 is 5.97 Å². The van der Waals surface area contributed by atoms with Gasteiger partial charge in [0.1, 0.15) is 12.3 Å². The van der Waals surface area contributed by atoms with Crippen LogP contribution >= 0.6 is 0 Å². The van der Waals surface area contributed by atoms with Gasteiger partial charge in [0.15, 0.2) is 0 Å². The van der Waals surface area contributed by atoms with Crippen molar-refractivity contribution in [2.24, 2.45) is 11.7 Å². The van der Waals surface area contributed by atoms with Crippen LogP contribution in [-0.4, -0.2) is 30.1 Å². The summed E-state index contributed by atoms with van der Waals surface area (Å²) in [4.78, 5) is 20.2. The van der Waals surface area contributed by atoms with Crippen molar-refractivity contribution in [3.05, 3.63) is 0 Å². The molecular formula is C13H24N4O3. The Kier molecular flexibility index (Phi) is 22.1. The molecule has 0 fully saturated rings. The zero-order valence-corrected chi connectivity index (χ0v) is 12.3. The highest BCUT2D eigenvalue weighted by molar-refractivity contribution is 5.77. The maximum Gasteiger partial charge on any atom is 0.320 e. The summed E-state index contributed by atoms with van der Waals surface area (Å²) in [6.45, 7) is 6.84. The Balaban J connectivity index is -0.000000234. The van der Waals surface area contributed by atoms with Crippen molar-refractivity contribution >= 4 is 11.9 Å². The Morgan fingerprint density at radius 2 is 1.80 bits per heavy atom. The Hall–Kier alpha value is -2.12. The molecule has 0 aromatic heterocycles. The van der Waals surface area contributed by atoms with Crippen molar-refractivity contribution in [1.82, 2.24) is 5.32 Å². The van der Waals surface area contributed by atoms with Crippen LogP contribution < -0.4 is 11.1 Å². The molecule has 7 heteroatoms. The maximum atomic E-state index is 10.5. The van der Waals surface area contributed by atoms with E-state index in [-0.39, 0.29) is 12.3 Å². The Morgan fingerprint density at radius 3 is 2.00 bits per heavy atom. The third-order valence-corrected chi connectivity index (χ3v) is 1.66. The molecule has 0 aliphatic rings. The van der Waals surface area contributed by atoms with Crippen molar-refractivity contribution in [2.75, 3.05) is 13.1 Å². The fourth-order valence-electron chi connectivity index (χ4n) is 0.454. The second kappa shape index (κ2) is 19.2. The lowest BCUT2D eigenvalue weighted by atomic mass is 10.2. The minimum absolute atomic E-state index is 0.0278. The SMILES string of the molecule is CC(C#N)C(=O)O.CCCN.CCCNC(=O)CC#N. The molecule has 0 aliphatic carbocycles. The molecule has 0 bridgehead atoms. The number of nitrogens with one attached hydrogen (secondary N) is 1. The molecule has 114 valence electrons. The lowest BCUT2D eigenvalue weighted by Crippen LogP contribution is -2.22. The van der Waals surface area contributed by atoms with Crippen LogP contribution in [0.5, 0.6) is 0 Å². The molecule has 0 heterocycles. The number of carbonyl (C=O) groups is 2. The van der Waals surface area contributed by atoms with Gasteiger partial charge in [-0.05, 0) is 26.3 Å². The van der Waals surface area contributed by atoms with E-state index in [4.69, 9.17) is 21.4 Å². The highest BCUT2D eigenvalue weighted by atomic mass is 16.4. The highest BCUT2D eigenvalue weighted by Crippen LogP contribution is 1.87. The van der Waals surface area contributed by atoms with Crippen LogP contribution in [0.4, 0.5) is 0 Å². The smallest absolute Gasteiger partial charge is 0.320 e. The van der Waals surface area contributed by atoms with Crippen LogP contribution in [0.1, 0.15) is 40.0 Å². The number of aliphatic carboxylic acids is 1. The van der Waals surface area contributed by atoms with Gasteiger partial charge in [0, 0.05) is 6.54 Å². The van der Waals surface area contributed by atoms with Crippen molar-refractivity contribution < 1.29 is 14.7 Å². The average molecular weight is 284 g/mol. The molecule has 0 radical (unpaired) electrons. The normalized spacial score (nSPS) is 9.30. The summed E-state index contributed by atoms with van der Waals surface area (Å²) in [5.41, 5.74) is 5.03. The van der Waals surface area contributed by atoms with Crippen LogP contribution in [0, 0.1) is 28.6 Å². The minimum Gasteiger partial charge on any atom is -0.480 e. The van der Waals surface area contributed by atoms with E-state index in [0.717, 1.165) is 19.4 Å². The molecule has 1 unspecified atom stereocenters. The molecule has 20 heavy (non-hydrogen) atoms. The Morgan fingerprint density at radius 1 is 1.30 bits per heavy atom. The van der Waals surface area contributed by atoms with E-state index in [0.29, 0.717) is 6.54 Å². The molecular weight excluding hydrogens is 260 g/mol. The van der Waals surface area contributed by atoms with E-state index in [9.17, 15) is 9.59 Å². The molecule has 1 amide bonds. The summed E-state index contributed by atoms with van der Waals surface area (Å²) in [6.07, 6.45) is 1.98. The van der Waals surface area contributed by atoms with E-state index in [1.807, 2.05) is 6.92 Å². The van der Waals surface area contributed by atoms with E-state index in [2.05, 4.69) is 12.2 Å². The van der Waals surface area contributed by atoms with Gasteiger partial charge < -0.3 is 16.2 Å². The van der Waals surface area contributed by atoms with Crippen LogP contribution in [0.15, 0.2) is 0 Å². The first kappa shape index (κ1) is 23.0. The summed E-state index contributed by atoms with van der Waals surface area (Å²) in [5, 5.41) is 26.4. The third-order valence-electron chi connectivity index (χ3n) is 1.66. The number of carboxylic acids is 1. The largest absolute Gasteiger partial charge is 0.480 e. The summed E-state index contributed by atoms with van der Waals surface area (Å²) >= 11 is 0. The molecule has 0 aromatic carbocycles. The fraction of sp³-hybridized carbons (Fsp3) is 0.692. The van der Waals surface area contributed by atoms with E-state index in [1.54, 1.807) is 12.1 Å². The fourth-order valence-corrected chi connectivity index (χ4v) is 0.454. The Bertz CT molecular complexity index is 329. The van der Waals surface area contributed by atoms with Crippen LogP contribution in [0.3, 0.4) is 0 Å². The number of hydrogen-bond donors (Lipinski definition) is 3. The summed E-state index contributed by atoms with van der Waals surface area (Å²) in [7, 11) is 0. The van der Waals surface area contributed by atoms with Gasteiger partial charge in [-0.1, -0.05) is 13.8 Å². The monoisotopic (exact) mass is 284 g/mol. The molecule has 0 spiro atoms. The van der Waals surface area contributed by atoms with Gasteiger partial charge in [-0.15, -0.1) is 0 Å². The van der Waals surface area contributed by atoms with Crippen LogP contribution in [0.2, 0.25) is 0 Å². The molecule has 0 rings (SSSR count). The highest BCUT2D eigenvalue weighted by Gasteiger charge is 2.06. The number of hydrogen-bond acceptors (Lipinski definition) is 5. The predicted molar refractivity (Wildman–Crippen MR) is 75.3 cm³/mol. The van der Waals surface area contributed by atoms with Gasteiger partial charge in [0.05, 0.1) is 12.1 Å². The quantitative estimate of drug-likeness (QED) is 0.688. The molecule has 0 saturated carbocycles. The number of nitriles is 2. The van der Waals surface area contributed by atoms with Gasteiger partial charge in [-0.3, -0.25) is 9.59 Å². The summed E-state index contributed by atoms with van der Waals surface area (Å²) < 4.78 is 0. The maximum absolute atomic E-state index is 10.5. The van der Waals surface area contributed by atoms with E-state index in [1.165, 1.54) is 6.92 Å². The number of carbonyl (C=O) groups excluding carboxylic acids is 1. The molecule has 1 atom stereocenters. The third kappa shape index (κ3) is 24.9. The number of rotatable bonds is 5. The second-order valence-corrected chi connectivity index (χ2v) is 3.66. The number of nitrogens with two attached hydrogens (primary N) is 1. The van der Waals surface area contributed by atoms with Crippen molar-refractivity contribution in [3.63, 3.8) is 0 Å². The van der Waals surface area contributed by atoms with Crippen molar-refractivity contribution in [1.29, 1.82) is 10.5 Å². The van der Waals surface area contributed by atoms with Crippen LogP contribution in [0.25, 0.3) is 0 Å². The van der Waals surface area contributed by atoms with Gasteiger partial charge in [0.2, 0.25) is 5.91 Å². The Labute approximate surface area is 120 Å². The lowest BCUT2D eigenvalue weighted by Gasteiger charge is -1.96. The molecule has 0 aliphatic heterocycles. The molecule has 7 nitrogen and oxygen atoms in total. The first-order valence-corrected chi connectivity index (χ1v) is 6.37. The molecule has 0 saturated heterocycles. The van der Waals surface area contributed by atoms with Gasteiger partial charge in [0.25, 0.3) is 0 Å². The minimum atomic E-state index is -1.07. The molecule has 4 N–H and O–H groups in total. The van der Waals surface area contributed by atoms with Crippen molar-refractivity contribution in [3.8, 4) is 12.1 Å².